The van der Waals surface area contributed by atoms with E-state index in [2.05, 4.69) is 33.6 Å². The third-order valence-electron chi connectivity index (χ3n) is 3.80. The van der Waals surface area contributed by atoms with Crippen LogP contribution >= 0.6 is 11.3 Å². The fraction of sp³-hybridized carbons (Fsp3) is 0.714. The van der Waals surface area contributed by atoms with Crippen LogP contribution in [-0.4, -0.2) is 56.2 Å². The van der Waals surface area contributed by atoms with Crippen molar-refractivity contribution in [1.82, 2.24) is 9.88 Å². The second-order valence-corrected chi connectivity index (χ2v) is 6.20. The number of anilines is 1. The molecule has 1 aromatic rings. The summed E-state index contributed by atoms with van der Waals surface area (Å²) < 4.78 is 4.65. The van der Waals surface area contributed by atoms with Gasteiger partial charge in [-0.3, -0.25) is 4.79 Å². The molecule has 5 nitrogen and oxygen atoms in total. The van der Waals surface area contributed by atoms with Crippen LogP contribution in [0, 0.1) is 0 Å². The number of carbonyl (C=O) groups is 1. The van der Waals surface area contributed by atoms with E-state index < -0.39 is 0 Å². The van der Waals surface area contributed by atoms with Gasteiger partial charge in [0.05, 0.1) is 19.2 Å². The molecule has 1 atom stereocenters. The van der Waals surface area contributed by atoms with Gasteiger partial charge in [0.2, 0.25) is 0 Å². The summed E-state index contributed by atoms with van der Waals surface area (Å²) in [6, 6.07) is 0.536. The normalized spacial score (nSPS) is 19.9. The zero-order valence-corrected chi connectivity index (χ0v) is 13.3. The van der Waals surface area contributed by atoms with Crippen molar-refractivity contribution in [2.75, 3.05) is 39.2 Å². The van der Waals surface area contributed by atoms with Gasteiger partial charge < -0.3 is 14.5 Å². The Labute approximate surface area is 124 Å². The minimum Gasteiger partial charge on any atom is -0.469 e. The maximum absolute atomic E-state index is 11.1. The average Bonchev–Trinajstić information content (AvgIpc) is 2.92. The number of carbonyl (C=O) groups excluding carboxylic acids is 1. The Balaban J connectivity index is 1.92. The molecule has 6 heteroatoms. The highest BCUT2D eigenvalue weighted by Crippen LogP contribution is 2.25. The molecular formula is C14H23N3O2S. The molecule has 0 aliphatic carbocycles. The fourth-order valence-corrected chi connectivity index (χ4v) is 3.41. The van der Waals surface area contributed by atoms with E-state index >= 15 is 0 Å². The number of likely N-dealkylation sites (N-methyl/N-ethyl adjacent to an activating group) is 2. The molecule has 0 spiro atoms. The average molecular weight is 297 g/mol. The molecule has 1 aliphatic rings. The highest BCUT2D eigenvalue weighted by Gasteiger charge is 2.23. The van der Waals surface area contributed by atoms with E-state index in [1.54, 1.807) is 11.3 Å². The molecule has 0 aromatic carbocycles. The number of ether oxygens (including phenoxy) is 1. The van der Waals surface area contributed by atoms with Crippen molar-refractivity contribution in [2.24, 2.45) is 0 Å². The first-order chi connectivity index (χ1) is 9.60. The highest BCUT2D eigenvalue weighted by molar-refractivity contribution is 7.13. The first-order valence-electron chi connectivity index (χ1n) is 7.02. The Morgan fingerprint density at radius 1 is 1.65 bits per heavy atom. The summed E-state index contributed by atoms with van der Waals surface area (Å²) in [6.45, 7) is 2.28. The van der Waals surface area contributed by atoms with Gasteiger partial charge in [-0.15, -0.1) is 11.3 Å². The summed E-state index contributed by atoms with van der Waals surface area (Å²) in [7, 11) is 5.71. The molecule has 0 radical (unpaired) electrons. The monoisotopic (exact) mass is 297 g/mol. The lowest BCUT2D eigenvalue weighted by Crippen LogP contribution is -2.45. The summed E-state index contributed by atoms with van der Waals surface area (Å²) in [5.74, 6) is -0.179. The smallest absolute Gasteiger partial charge is 0.305 e. The summed E-state index contributed by atoms with van der Waals surface area (Å²) in [4.78, 5) is 20.4. The van der Waals surface area contributed by atoms with E-state index in [0.717, 1.165) is 17.4 Å². The van der Waals surface area contributed by atoms with Gasteiger partial charge in [0.25, 0.3) is 0 Å². The van der Waals surface area contributed by atoms with Crippen LogP contribution in [0.1, 0.15) is 25.0 Å². The van der Waals surface area contributed by atoms with Gasteiger partial charge in [0.15, 0.2) is 5.13 Å². The van der Waals surface area contributed by atoms with Crippen molar-refractivity contribution in [3.63, 3.8) is 0 Å². The van der Waals surface area contributed by atoms with Gasteiger partial charge in [-0.05, 0) is 26.4 Å². The number of thiazole rings is 1. The van der Waals surface area contributed by atoms with E-state index in [0.29, 0.717) is 18.9 Å². The molecule has 112 valence electrons. The molecule has 1 saturated heterocycles. The summed E-state index contributed by atoms with van der Waals surface area (Å²) >= 11 is 1.66. The molecule has 1 unspecified atom stereocenters. The number of rotatable bonds is 5. The Bertz CT molecular complexity index is 449. The molecule has 2 rings (SSSR count). The molecule has 0 saturated carbocycles. The van der Waals surface area contributed by atoms with Crippen molar-refractivity contribution >= 4 is 22.4 Å². The molecule has 1 aliphatic heterocycles. The second-order valence-electron chi connectivity index (χ2n) is 5.37. The van der Waals surface area contributed by atoms with Gasteiger partial charge in [0, 0.05) is 31.4 Å². The zero-order chi connectivity index (χ0) is 14.5. The fourth-order valence-electron chi connectivity index (χ4n) is 2.52. The lowest BCUT2D eigenvalue weighted by Gasteiger charge is -2.35. The molecule has 0 bridgehead atoms. The minimum atomic E-state index is -0.179. The predicted octanol–water partition coefficient (Wildman–Crippen LogP) is 1.78. The van der Waals surface area contributed by atoms with Crippen molar-refractivity contribution in [3.05, 3.63) is 11.1 Å². The van der Waals surface area contributed by atoms with Gasteiger partial charge in [0.1, 0.15) is 0 Å². The van der Waals surface area contributed by atoms with Crippen molar-refractivity contribution in [3.8, 4) is 0 Å². The number of piperidine rings is 1. The van der Waals surface area contributed by atoms with E-state index in [1.807, 2.05) is 5.38 Å². The molecule has 0 N–H and O–H groups in total. The van der Waals surface area contributed by atoms with Gasteiger partial charge >= 0.3 is 5.97 Å². The molecule has 1 fully saturated rings. The van der Waals surface area contributed by atoms with Crippen molar-refractivity contribution < 1.29 is 9.53 Å². The predicted molar refractivity (Wildman–Crippen MR) is 81.4 cm³/mol. The quantitative estimate of drug-likeness (QED) is 0.775. The molecule has 1 aromatic heterocycles. The van der Waals surface area contributed by atoms with E-state index in [4.69, 9.17) is 0 Å². The number of hydrogen-bond donors (Lipinski definition) is 0. The highest BCUT2D eigenvalue weighted by atomic mass is 32.1. The number of likely N-dealkylation sites (tertiary alicyclic amines) is 1. The lowest BCUT2D eigenvalue weighted by atomic mass is 10.1. The van der Waals surface area contributed by atoms with Crippen molar-refractivity contribution in [2.45, 2.75) is 31.7 Å². The maximum Gasteiger partial charge on any atom is 0.305 e. The Kier molecular flexibility index (Phi) is 5.37. The minimum absolute atomic E-state index is 0.179. The van der Waals surface area contributed by atoms with Crippen LogP contribution in [0.3, 0.4) is 0 Å². The number of nitrogens with zero attached hydrogens (tertiary/aromatic N) is 3. The standard InChI is InChI=1S/C14H23N3O2S/c1-16-8-4-5-12(9-16)17(2)14-15-11(10-20-14)6-7-13(18)19-3/h10,12H,4-9H2,1-3H3. The Hall–Kier alpha value is -1.14. The van der Waals surface area contributed by atoms with Crippen LogP contribution in [0.4, 0.5) is 5.13 Å². The number of aryl methyl sites for hydroxylation is 1. The maximum atomic E-state index is 11.1. The van der Waals surface area contributed by atoms with Gasteiger partial charge in [-0.25, -0.2) is 4.98 Å². The van der Waals surface area contributed by atoms with E-state index in [1.165, 1.54) is 26.5 Å². The number of esters is 1. The molecule has 2 heterocycles. The molecule has 20 heavy (non-hydrogen) atoms. The third kappa shape index (κ3) is 3.93. The van der Waals surface area contributed by atoms with Crippen molar-refractivity contribution in [1.29, 1.82) is 0 Å². The third-order valence-corrected chi connectivity index (χ3v) is 4.78. The van der Waals surface area contributed by atoms with Crippen LogP contribution in [0.2, 0.25) is 0 Å². The largest absolute Gasteiger partial charge is 0.469 e. The Morgan fingerprint density at radius 2 is 2.45 bits per heavy atom. The van der Waals surface area contributed by atoms with Crippen LogP contribution in [0.5, 0.6) is 0 Å². The summed E-state index contributed by atoms with van der Waals surface area (Å²) in [6.07, 6.45) is 3.52. The number of hydrogen-bond acceptors (Lipinski definition) is 6. The number of aromatic nitrogens is 1. The van der Waals surface area contributed by atoms with Crippen LogP contribution in [-0.2, 0) is 16.0 Å². The SMILES string of the molecule is COC(=O)CCc1csc(N(C)C2CCCN(C)C2)n1. The van der Waals surface area contributed by atoms with E-state index in [-0.39, 0.29) is 5.97 Å². The first kappa shape index (κ1) is 15.3. The summed E-state index contributed by atoms with van der Waals surface area (Å²) in [5.41, 5.74) is 0.978. The van der Waals surface area contributed by atoms with E-state index in [9.17, 15) is 4.79 Å². The molecule has 0 amide bonds. The second kappa shape index (κ2) is 7.04. The lowest BCUT2D eigenvalue weighted by molar-refractivity contribution is -0.140. The molecular weight excluding hydrogens is 274 g/mol. The van der Waals surface area contributed by atoms with Gasteiger partial charge in [-0.1, -0.05) is 0 Å². The zero-order valence-electron chi connectivity index (χ0n) is 12.5. The summed E-state index contributed by atoms with van der Waals surface area (Å²) in [5, 5.41) is 3.09. The van der Waals surface area contributed by atoms with Crippen LogP contribution in [0.15, 0.2) is 5.38 Å². The Morgan fingerprint density at radius 3 is 3.15 bits per heavy atom. The van der Waals surface area contributed by atoms with Gasteiger partial charge in [-0.2, -0.15) is 0 Å². The first-order valence-corrected chi connectivity index (χ1v) is 7.90. The van der Waals surface area contributed by atoms with Crippen LogP contribution in [0.25, 0.3) is 0 Å². The number of methoxy groups -OCH3 is 1. The van der Waals surface area contributed by atoms with Crippen LogP contribution < -0.4 is 4.90 Å². The topological polar surface area (TPSA) is 45.7 Å².